The first-order valence-electron chi connectivity index (χ1n) is 5.80. The average Bonchev–Trinajstić information content (AvgIpc) is 2.26. The van der Waals surface area contributed by atoms with Crippen LogP contribution in [0.15, 0.2) is 0 Å². The molecule has 1 rings (SSSR count). The molecular formula is C10H16F3NO4S. The summed E-state index contributed by atoms with van der Waals surface area (Å²) < 4.78 is 62.3. The van der Waals surface area contributed by atoms with Crippen LogP contribution in [0.5, 0.6) is 0 Å². The van der Waals surface area contributed by atoms with Gasteiger partial charge in [0.2, 0.25) is 0 Å². The predicted molar refractivity (Wildman–Crippen MR) is 60.7 cm³/mol. The first-order valence-corrected chi connectivity index (χ1v) is 7.61. The Bertz CT molecular complexity index is 413. The monoisotopic (exact) mass is 303 g/mol. The van der Waals surface area contributed by atoms with E-state index in [-0.39, 0.29) is 12.5 Å². The molecule has 0 aromatic carbocycles. The number of hydrogen-bond donors (Lipinski definition) is 1. The van der Waals surface area contributed by atoms with Gasteiger partial charge in [0.05, 0.1) is 12.9 Å². The van der Waals surface area contributed by atoms with Gasteiger partial charge >= 0.3 is 12.1 Å². The number of rotatable bonds is 4. The summed E-state index contributed by atoms with van der Waals surface area (Å²) in [6, 6.07) is -0.511. The van der Waals surface area contributed by atoms with E-state index in [0.717, 1.165) is 6.26 Å². The van der Waals surface area contributed by atoms with Crippen molar-refractivity contribution < 1.29 is 30.6 Å². The van der Waals surface area contributed by atoms with E-state index in [2.05, 4.69) is 4.18 Å². The van der Waals surface area contributed by atoms with Gasteiger partial charge in [-0.05, 0) is 31.6 Å². The molecule has 1 fully saturated rings. The van der Waals surface area contributed by atoms with E-state index in [0.29, 0.717) is 25.7 Å². The maximum Gasteiger partial charge on any atom is 0.471 e. The van der Waals surface area contributed by atoms with Crippen LogP contribution in [0, 0.1) is 5.92 Å². The summed E-state index contributed by atoms with van der Waals surface area (Å²) in [5, 5.41) is 1.93. The van der Waals surface area contributed by atoms with E-state index < -0.39 is 28.2 Å². The van der Waals surface area contributed by atoms with Crippen LogP contribution < -0.4 is 5.32 Å². The van der Waals surface area contributed by atoms with Gasteiger partial charge in [-0.3, -0.25) is 8.98 Å². The molecule has 0 aromatic rings. The third-order valence-corrected chi connectivity index (χ3v) is 3.52. The van der Waals surface area contributed by atoms with Gasteiger partial charge in [-0.1, -0.05) is 0 Å². The Labute approximate surface area is 109 Å². The standard InChI is InChI=1S/C10H16F3NO4S/c1-19(16,17)18-6-7-2-4-8(5-3-7)14-9(15)10(11,12)13/h7-8H,2-6H2,1H3,(H,14,15). The molecule has 0 spiro atoms. The van der Waals surface area contributed by atoms with Crippen LogP contribution in [0.4, 0.5) is 13.2 Å². The second kappa shape index (κ2) is 6.08. The van der Waals surface area contributed by atoms with E-state index in [1.54, 1.807) is 0 Å². The highest BCUT2D eigenvalue weighted by Gasteiger charge is 2.40. The summed E-state index contributed by atoms with van der Waals surface area (Å²) in [7, 11) is -3.49. The van der Waals surface area contributed by atoms with Crippen LogP contribution in [-0.2, 0) is 19.1 Å². The van der Waals surface area contributed by atoms with Gasteiger partial charge in [0, 0.05) is 6.04 Å². The fraction of sp³-hybridized carbons (Fsp3) is 0.900. The molecule has 0 aromatic heterocycles. The molecule has 0 bridgehead atoms. The Kier molecular flexibility index (Phi) is 5.19. The number of alkyl halides is 3. The van der Waals surface area contributed by atoms with Crippen molar-refractivity contribution in [1.82, 2.24) is 5.32 Å². The largest absolute Gasteiger partial charge is 0.471 e. The third-order valence-electron chi connectivity index (χ3n) is 2.96. The van der Waals surface area contributed by atoms with Crippen LogP contribution in [0.1, 0.15) is 25.7 Å². The van der Waals surface area contributed by atoms with Crippen molar-refractivity contribution in [2.45, 2.75) is 37.9 Å². The second-order valence-electron chi connectivity index (χ2n) is 4.68. The van der Waals surface area contributed by atoms with Gasteiger partial charge in [0.25, 0.3) is 10.1 Å². The summed E-state index contributed by atoms with van der Waals surface area (Å²) in [6.07, 6.45) is -2.09. The van der Waals surface area contributed by atoms with Crippen LogP contribution >= 0.6 is 0 Å². The van der Waals surface area contributed by atoms with E-state index in [1.165, 1.54) is 0 Å². The van der Waals surface area contributed by atoms with Gasteiger partial charge in [-0.25, -0.2) is 0 Å². The lowest BCUT2D eigenvalue weighted by atomic mass is 9.86. The number of halogens is 3. The molecule has 0 saturated heterocycles. The van der Waals surface area contributed by atoms with Gasteiger partial charge in [-0.2, -0.15) is 21.6 Å². The van der Waals surface area contributed by atoms with Crippen molar-refractivity contribution in [3.63, 3.8) is 0 Å². The summed E-state index contributed by atoms with van der Waals surface area (Å²) in [5.41, 5.74) is 0. The van der Waals surface area contributed by atoms with Crippen molar-refractivity contribution >= 4 is 16.0 Å². The molecule has 0 radical (unpaired) electrons. The zero-order valence-electron chi connectivity index (χ0n) is 10.4. The zero-order valence-corrected chi connectivity index (χ0v) is 11.2. The minimum Gasteiger partial charge on any atom is -0.346 e. The first kappa shape index (κ1) is 16.2. The average molecular weight is 303 g/mol. The highest BCUT2D eigenvalue weighted by Crippen LogP contribution is 2.26. The van der Waals surface area contributed by atoms with Gasteiger partial charge < -0.3 is 5.32 Å². The summed E-state index contributed by atoms with van der Waals surface area (Å²) in [4.78, 5) is 10.7. The first-order chi connectivity index (χ1) is 8.58. The fourth-order valence-electron chi connectivity index (χ4n) is 1.96. The van der Waals surface area contributed by atoms with Crippen molar-refractivity contribution in [2.24, 2.45) is 5.92 Å². The third kappa shape index (κ3) is 6.24. The van der Waals surface area contributed by atoms with E-state index in [9.17, 15) is 26.4 Å². The Hall–Kier alpha value is -0.830. The molecule has 1 aliphatic rings. The molecule has 9 heteroatoms. The molecule has 19 heavy (non-hydrogen) atoms. The van der Waals surface area contributed by atoms with Gasteiger partial charge in [0.15, 0.2) is 0 Å². The topological polar surface area (TPSA) is 72.5 Å². The lowest BCUT2D eigenvalue weighted by Crippen LogP contribution is -2.44. The molecule has 0 heterocycles. The summed E-state index contributed by atoms with van der Waals surface area (Å²) >= 11 is 0. The van der Waals surface area contributed by atoms with E-state index >= 15 is 0 Å². The number of hydrogen-bond acceptors (Lipinski definition) is 4. The zero-order chi connectivity index (χ0) is 14.7. The lowest BCUT2D eigenvalue weighted by molar-refractivity contribution is -0.174. The molecule has 1 saturated carbocycles. The van der Waals surface area contributed by atoms with Crippen molar-refractivity contribution in [1.29, 1.82) is 0 Å². The Morgan fingerprint density at radius 3 is 2.21 bits per heavy atom. The van der Waals surface area contributed by atoms with E-state index in [4.69, 9.17) is 0 Å². The van der Waals surface area contributed by atoms with Crippen LogP contribution in [0.2, 0.25) is 0 Å². The van der Waals surface area contributed by atoms with Crippen LogP contribution in [0.3, 0.4) is 0 Å². The van der Waals surface area contributed by atoms with Gasteiger partial charge in [0.1, 0.15) is 0 Å². The Balaban J connectivity index is 2.31. The molecule has 0 unspecified atom stereocenters. The molecule has 0 atom stereocenters. The number of carbonyl (C=O) groups excluding carboxylic acids is 1. The van der Waals surface area contributed by atoms with Gasteiger partial charge in [-0.15, -0.1) is 0 Å². The highest BCUT2D eigenvalue weighted by molar-refractivity contribution is 7.85. The van der Waals surface area contributed by atoms with Crippen molar-refractivity contribution in [3.05, 3.63) is 0 Å². The lowest BCUT2D eigenvalue weighted by Gasteiger charge is -2.28. The molecular weight excluding hydrogens is 287 g/mol. The van der Waals surface area contributed by atoms with Crippen LogP contribution in [0.25, 0.3) is 0 Å². The molecule has 1 aliphatic carbocycles. The van der Waals surface area contributed by atoms with E-state index in [1.807, 2.05) is 5.32 Å². The maximum absolute atomic E-state index is 12.0. The van der Waals surface area contributed by atoms with Crippen molar-refractivity contribution in [3.8, 4) is 0 Å². The summed E-state index contributed by atoms with van der Waals surface area (Å²) in [5.74, 6) is -1.93. The smallest absolute Gasteiger partial charge is 0.346 e. The normalized spacial score (nSPS) is 25.1. The number of amides is 1. The molecule has 0 aliphatic heterocycles. The number of nitrogens with one attached hydrogen (secondary N) is 1. The molecule has 5 nitrogen and oxygen atoms in total. The second-order valence-corrected chi connectivity index (χ2v) is 6.32. The highest BCUT2D eigenvalue weighted by atomic mass is 32.2. The maximum atomic E-state index is 12.0. The number of carbonyl (C=O) groups is 1. The molecule has 112 valence electrons. The molecule has 1 amide bonds. The fourth-order valence-corrected chi connectivity index (χ4v) is 2.40. The minimum atomic E-state index is -4.86. The Morgan fingerprint density at radius 2 is 1.79 bits per heavy atom. The van der Waals surface area contributed by atoms with Crippen molar-refractivity contribution in [2.75, 3.05) is 12.9 Å². The predicted octanol–water partition coefficient (Wildman–Crippen LogP) is 1.20. The summed E-state index contributed by atoms with van der Waals surface area (Å²) in [6.45, 7) is 0.0404. The minimum absolute atomic E-state index is 0.00577. The molecule has 1 N–H and O–H groups in total. The quantitative estimate of drug-likeness (QED) is 0.792. The Morgan fingerprint density at radius 1 is 1.26 bits per heavy atom. The SMILES string of the molecule is CS(=O)(=O)OCC1CCC(NC(=O)C(F)(F)F)CC1. The van der Waals surface area contributed by atoms with Crippen LogP contribution in [-0.4, -0.2) is 39.4 Å².